The van der Waals surface area contributed by atoms with Gasteiger partial charge in [-0.15, -0.1) is 0 Å². The van der Waals surface area contributed by atoms with Gasteiger partial charge in [-0.1, -0.05) is 0 Å². The van der Waals surface area contributed by atoms with Crippen molar-refractivity contribution in [1.29, 1.82) is 0 Å². The van der Waals surface area contributed by atoms with Gasteiger partial charge in [-0.25, -0.2) is 0 Å². The summed E-state index contributed by atoms with van der Waals surface area (Å²) in [5, 5.41) is 2.35. The summed E-state index contributed by atoms with van der Waals surface area (Å²) in [5.41, 5.74) is 0. The van der Waals surface area contributed by atoms with E-state index in [2.05, 4.69) is 5.32 Å². The lowest BCUT2D eigenvalue weighted by Crippen LogP contribution is -2.32. The zero-order valence-electron chi connectivity index (χ0n) is 6.09. The number of methoxy groups -OCH3 is 1. The highest BCUT2D eigenvalue weighted by Gasteiger charge is 2.00. The number of rotatable bonds is 4. The predicted molar refractivity (Wildman–Crippen MR) is 35.5 cm³/mol. The molecule has 0 fully saturated rings. The smallest absolute Gasteiger partial charge is 0.284 e. The van der Waals surface area contributed by atoms with Crippen LogP contribution in [0.5, 0.6) is 0 Å². The standard InChI is InChI=1S/C6H11NO3/c1-5(10-2)3-7-6(9)4-8/h4-5H,3H2,1-2H3,(H,7,9). The Morgan fingerprint density at radius 3 is 2.80 bits per heavy atom. The molecule has 1 atom stereocenters. The highest BCUT2D eigenvalue weighted by atomic mass is 16.5. The molecule has 1 N–H and O–H groups in total. The zero-order valence-corrected chi connectivity index (χ0v) is 6.09. The fraction of sp³-hybridized carbons (Fsp3) is 0.667. The molecule has 0 bridgehead atoms. The molecule has 0 spiro atoms. The Morgan fingerprint density at radius 2 is 2.40 bits per heavy atom. The van der Waals surface area contributed by atoms with Crippen LogP contribution in [0.3, 0.4) is 0 Å². The highest BCUT2D eigenvalue weighted by Crippen LogP contribution is 1.82. The van der Waals surface area contributed by atoms with Gasteiger partial charge in [-0.05, 0) is 6.92 Å². The summed E-state index contributed by atoms with van der Waals surface area (Å²) in [7, 11) is 1.54. The third kappa shape index (κ3) is 4.03. The van der Waals surface area contributed by atoms with E-state index in [-0.39, 0.29) is 12.4 Å². The maximum Gasteiger partial charge on any atom is 0.284 e. The van der Waals surface area contributed by atoms with Crippen LogP contribution in [0.25, 0.3) is 0 Å². The largest absolute Gasteiger partial charge is 0.380 e. The predicted octanol–water partition coefficient (Wildman–Crippen LogP) is -0.664. The van der Waals surface area contributed by atoms with Gasteiger partial charge in [0.15, 0.2) is 0 Å². The maximum atomic E-state index is 10.3. The molecule has 4 nitrogen and oxygen atoms in total. The fourth-order valence-electron chi connectivity index (χ4n) is 0.369. The molecule has 1 amide bonds. The quantitative estimate of drug-likeness (QED) is 0.422. The molecule has 4 heteroatoms. The Morgan fingerprint density at radius 1 is 1.80 bits per heavy atom. The molecule has 0 radical (unpaired) electrons. The van der Waals surface area contributed by atoms with Crippen LogP contribution in [0.2, 0.25) is 0 Å². The Kier molecular flexibility index (Phi) is 4.49. The number of hydrogen-bond acceptors (Lipinski definition) is 3. The molecule has 0 saturated heterocycles. The van der Waals surface area contributed by atoms with Gasteiger partial charge in [0, 0.05) is 13.7 Å². The molecule has 0 saturated carbocycles. The minimum atomic E-state index is -0.607. The van der Waals surface area contributed by atoms with Crippen LogP contribution >= 0.6 is 0 Å². The highest BCUT2D eigenvalue weighted by molar-refractivity contribution is 6.23. The Hall–Kier alpha value is -0.900. The van der Waals surface area contributed by atoms with Gasteiger partial charge >= 0.3 is 0 Å². The number of nitrogens with one attached hydrogen (secondary N) is 1. The van der Waals surface area contributed by atoms with Crippen molar-refractivity contribution in [3.63, 3.8) is 0 Å². The van der Waals surface area contributed by atoms with Crippen LogP contribution in [0.1, 0.15) is 6.92 Å². The van der Waals surface area contributed by atoms with Crippen LogP contribution in [-0.2, 0) is 14.3 Å². The van der Waals surface area contributed by atoms with E-state index >= 15 is 0 Å². The minimum Gasteiger partial charge on any atom is -0.380 e. The fourth-order valence-corrected chi connectivity index (χ4v) is 0.369. The first-order chi connectivity index (χ1) is 4.70. The van der Waals surface area contributed by atoms with Crippen molar-refractivity contribution in [1.82, 2.24) is 5.32 Å². The number of amides is 1. The molecule has 0 aliphatic carbocycles. The van der Waals surface area contributed by atoms with Gasteiger partial charge in [-0.3, -0.25) is 9.59 Å². The van der Waals surface area contributed by atoms with E-state index in [1.807, 2.05) is 0 Å². The SMILES string of the molecule is COC(C)CNC(=O)C=O. The van der Waals surface area contributed by atoms with Crippen molar-refractivity contribution in [2.45, 2.75) is 13.0 Å². The van der Waals surface area contributed by atoms with Crippen molar-refractivity contribution in [3.05, 3.63) is 0 Å². The van der Waals surface area contributed by atoms with Crippen molar-refractivity contribution in [2.24, 2.45) is 0 Å². The monoisotopic (exact) mass is 145 g/mol. The normalized spacial score (nSPS) is 12.2. The molecule has 1 unspecified atom stereocenters. The lowest BCUT2D eigenvalue weighted by Gasteiger charge is -2.07. The minimum absolute atomic E-state index is 0.0519. The Balaban J connectivity index is 3.34. The van der Waals surface area contributed by atoms with E-state index in [4.69, 9.17) is 4.74 Å². The van der Waals surface area contributed by atoms with E-state index in [9.17, 15) is 9.59 Å². The molecular weight excluding hydrogens is 134 g/mol. The summed E-state index contributed by atoms with van der Waals surface area (Å²) in [6.07, 6.45) is 0.187. The Bertz CT molecular complexity index is 124. The van der Waals surface area contributed by atoms with Crippen LogP contribution in [0.4, 0.5) is 0 Å². The first kappa shape index (κ1) is 9.10. The van der Waals surface area contributed by atoms with Gasteiger partial charge in [0.05, 0.1) is 6.10 Å². The summed E-state index contributed by atoms with van der Waals surface area (Å²) in [6.45, 7) is 2.17. The first-order valence-corrected chi connectivity index (χ1v) is 2.96. The summed E-state index contributed by atoms with van der Waals surface area (Å²) in [6, 6.07) is 0. The van der Waals surface area contributed by atoms with Crippen molar-refractivity contribution < 1.29 is 14.3 Å². The van der Waals surface area contributed by atoms with E-state index in [0.717, 1.165) is 0 Å². The average Bonchev–Trinajstić information content (AvgIpc) is 1.99. The van der Waals surface area contributed by atoms with Gasteiger partial charge < -0.3 is 10.1 Å². The van der Waals surface area contributed by atoms with Gasteiger partial charge in [0.25, 0.3) is 5.91 Å². The third-order valence-corrected chi connectivity index (χ3v) is 1.07. The number of carbonyl (C=O) groups is 2. The molecule has 10 heavy (non-hydrogen) atoms. The van der Waals surface area contributed by atoms with Gasteiger partial charge in [0.1, 0.15) is 0 Å². The van der Waals surface area contributed by atoms with E-state index in [1.165, 1.54) is 7.11 Å². The van der Waals surface area contributed by atoms with Crippen molar-refractivity contribution >= 4 is 12.2 Å². The Labute approximate surface area is 59.6 Å². The lowest BCUT2D eigenvalue weighted by atomic mass is 10.4. The number of carbonyl (C=O) groups excluding carboxylic acids is 2. The molecule has 0 heterocycles. The number of aldehydes is 1. The van der Waals surface area contributed by atoms with Crippen LogP contribution in [0.15, 0.2) is 0 Å². The second-order valence-corrected chi connectivity index (χ2v) is 1.91. The van der Waals surface area contributed by atoms with Gasteiger partial charge in [-0.2, -0.15) is 0 Å². The van der Waals surface area contributed by atoms with Crippen LogP contribution in [-0.4, -0.2) is 32.0 Å². The van der Waals surface area contributed by atoms with Crippen molar-refractivity contribution in [3.8, 4) is 0 Å². The average molecular weight is 145 g/mol. The molecule has 58 valence electrons. The molecule has 0 aromatic carbocycles. The van der Waals surface area contributed by atoms with E-state index < -0.39 is 5.91 Å². The summed E-state index contributed by atoms with van der Waals surface area (Å²) < 4.78 is 4.81. The summed E-state index contributed by atoms with van der Waals surface area (Å²) >= 11 is 0. The van der Waals surface area contributed by atoms with Crippen molar-refractivity contribution in [2.75, 3.05) is 13.7 Å². The third-order valence-electron chi connectivity index (χ3n) is 1.07. The zero-order chi connectivity index (χ0) is 7.98. The lowest BCUT2D eigenvalue weighted by molar-refractivity contribution is -0.131. The second-order valence-electron chi connectivity index (χ2n) is 1.91. The molecule has 0 aliphatic heterocycles. The molecule has 0 aliphatic rings. The number of ether oxygens (including phenoxy) is 1. The van der Waals surface area contributed by atoms with E-state index in [1.54, 1.807) is 6.92 Å². The maximum absolute atomic E-state index is 10.3. The second kappa shape index (κ2) is 4.93. The van der Waals surface area contributed by atoms with E-state index in [0.29, 0.717) is 6.54 Å². The van der Waals surface area contributed by atoms with Gasteiger partial charge in [0.2, 0.25) is 6.29 Å². The molecular formula is C6H11NO3. The molecule has 0 rings (SSSR count). The first-order valence-electron chi connectivity index (χ1n) is 2.96. The van der Waals surface area contributed by atoms with Crippen LogP contribution < -0.4 is 5.32 Å². The summed E-state index contributed by atoms with van der Waals surface area (Å²) in [4.78, 5) is 20.1. The van der Waals surface area contributed by atoms with Crippen LogP contribution in [0, 0.1) is 0 Å². The molecule has 0 aromatic rings. The molecule has 0 aromatic heterocycles. The topological polar surface area (TPSA) is 55.4 Å². The number of hydrogen-bond donors (Lipinski definition) is 1. The summed E-state index contributed by atoms with van der Waals surface area (Å²) in [5.74, 6) is -0.607.